The highest BCUT2D eigenvalue weighted by atomic mass is 16.7. The van der Waals surface area contributed by atoms with E-state index >= 15 is 0 Å². The van der Waals surface area contributed by atoms with E-state index in [0.717, 1.165) is 19.4 Å². The lowest BCUT2D eigenvalue weighted by atomic mass is 10.3. The highest BCUT2D eigenvalue weighted by molar-refractivity contribution is 4.98. The Hall–Kier alpha value is -0.760. The van der Waals surface area contributed by atoms with Gasteiger partial charge in [0.1, 0.15) is 0 Å². The molecule has 0 aromatic rings. The summed E-state index contributed by atoms with van der Waals surface area (Å²) in [7, 11) is 0. The zero-order valence-electron chi connectivity index (χ0n) is 6.29. The van der Waals surface area contributed by atoms with Crippen molar-refractivity contribution < 1.29 is 4.84 Å². The summed E-state index contributed by atoms with van der Waals surface area (Å²) in [5.41, 5.74) is 0. The first-order valence-electron chi connectivity index (χ1n) is 3.68. The number of hydrogen-bond acceptors (Lipinski definition) is 2. The molecule has 0 radical (unpaired) electrons. The number of allylic oxidation sites excluding steroid dienone is 2. The number of hydrogen-bond donors (Lipinski definition) is 0. The third-order valence-corrected chi connectivity index (χ3v) is 1.22. The van der Waals surface area contributed by atoms with E-state index in [1.54, 1.807) is 5.06 Å². The number of rotatable bonds is 3. The summed E-state index contributed by atoms with van der Waals surface area (Å²) in [5.74, 6) is 0. The van der Waals surface area contributed by atoms with Gasteiger partial charge in [-0.1, -0.05) is 19.1 Å². The maximum atomic E-state index is 5.29. The normalized spacial score (nSPS) is 16.3. The Bertz CT molecular complexity index is 128. The standard InChI is InChI=1S/C8H13NO/c1-2-8-10-9-6-4-3-5-7-9/h4-7H,2-3,8H2,1H3. The minimum atomic E-state index is 0.786. The smallest absolute Gasteiger partial charge is 0.0750 e. The van der Waals surface area contributed by atoms with Crippen molar-refractivity contribution in [2.45, 2.75) is 19.8 Å². The van der Waals surface area contributed by atoms with Gasteiger partial charge < -0.3 is 0 Å². The van der Waals surface area contributed by atoms with Gasteiger partial charge >= 0.3 is 0 Å². The lowest BCUT2D eigenvalue weighted by Crippen LogP contribution is -2.12. The molecule has 1 aliphatic rings. The first-order valence-corrected chi connectivity index (χ1v) is 3.68. The van der Waals surface area contributed by atoms with Gasteiger partial charge in [-0.15, -0.1) is 0 Å². The molecule has 0 aliphatic carbocycles. The van der Waals surface area contributed by atoms with Gasteiger partial charge in [0.25, 0.3) is 0 Å². The van der Waals surface area contributed by atoms with Gasteiger partial charge in [-0.2, -0.15) is 0 Å². The second kappa shape index (κ2) is 4.12. The van der Waals surface area contributed by atoms with Gasteiger partial charge in [0.05, 0.1) is 6.61 Å². The highest BCUT2D eigenvalue weighted by Crippen LogP contribution is 2.02. The van der Waals surface area contributed by atoms with Crippen LogP contribution < -0.4 is 0 Å². The summed E-state index contributed by atoms with van der Waals surface area (Å²) >= 11 is 0. The molecule has 0 fully saturated rings. The van der Waals surface area contributed by atoms with Crippen molar-refractivity contribution in [1.29, 1.82) is 0 Å². The maximum absolute atomic E-state index is 5.29. The Morgan fingerprint density at radius 3 is 2.70 bits per heavy atom. The number of hydroxylamine groups is 2. The molecule has 0 aromatic heterocycles. The minimum absolute atomic E-state index is 0.786. The molecule has 0 atom stereocenters. The molecule has 1 heterocycles. The molecule has 10 heavy (non-hydrogen) atoms. The van der Waals surface area contributed by atoms with Gasteiger partial charge in [0.15, 0.2) is 0 Å². The van der Waals surface area contributed by atoms with Crippen molar-refractivity contribution in [1.82, 2.24) is 5.06 Å². The molecule has 0 amide bonds. The van der Waals surface area contributed by atoms with Gasteiger partial charge in [-0.05, 0) is 12.8 Å². The lowest BCUT2D eigenvalue weighted by molar-refractivity contribution is -0.0822. The average Bonchev–Trinajstić information content (AvgIpc) is 2.03. The van der Waals surface area contributed by atoms with Crippen molar-refractivity contribution in [3.05, 3.63) is 24.6 Å². The molecule has 0 unspecified atom stereocenters. The molecule has 0 saturated heterocycles. The molecule has 56 valence electrons. The zero-order chi connectivity index (χ0) is 7.23. The van der Waals surface area contributed by atoms with Crippen molar-refractivity contribution in [2.24, 2.45) is 0 Å². The fourth-order valence-electron chi connectivity index (χ4n) is 0.741. The summed E-state index contributed by atoms with van der Waals surface area (Å²) < 4.78 is 0. The van der Waals surface area contributed by atoms with Crippen LogP contribution in [0.5, 0.6) is 0 Å². The molecule has 0 saturated carbocycles. The SMILES string of the molecule is CCCON1C=CCC=C1. The quantitative estimate of drug-likeness (QED) is 0.593. The first-order chi connectivity index (χ1) is 4.93. The summed E-state index contributed by atoms with van der Waals surface area (Å²) in [6.07, 6.45) is 10.1. The van der Waals surface area contributed by atoms with Crippen LogP contribution in [0.4, 0.5) is 0 Å². The second-order valence-corrected chi connectivity index (χ2v) is 2.20. The Morgan fingerprint density at radius 2 is 2.10 bits per heavy atom. The summed E-state index contributed by atoms with van der Waals surface area (Å²) in [6, 6.07) is 0. The largest absolute Gasteiger partial charge is 0.270 e. The van der Waals surface area contributed by atoms with Gasteiger partial charge in [0.2, 0.25) is 0 Å². The highest BCUT2D eigenvalue weighted by Gasteiger charge is 1.94. The number of nitrogens with zero attached hydrogens (tertiary/aromatic N) is 1. The maximum Gasteiger partial charge on any atom is 0.0750 e. The van der Waals surface area contributed by atoms with E-state index in [1.165, 1.54) is 0 Å². The van der Waals surface area contributed by atoms with E-state index in [-0.39, 0.29) is 0 Å². The molecule has 0 bridgehead atoms. The van der Waals surface area contributed by atoms with E-state index in [4.69, 9.17) is 4.84 Å². The predicted octanol–water partition coefficient (Wildman–Crippen LogP) is 2.06. The van der Waals surface area contributed by atoms with Gasteiger partial charge in [-0.25, -0.2) is 5.06 Å². The van der Waals surface area contributed by atoms with Crippen LogP contribution in [0.1, 0.15) is 19.8 Å². The van der Waals surface area contributed by atoms with E-state index < -0.39 is 0 Å². The van der Waals surface area contributed by atoms with Crippen LogP contribution in [0, 0.1) is 0 Å². The second-order valence-electron chi connectivity index (χ2n) is 2.20. The van der Waals surface area contributed by atoms with Crippen LogP contribution in [0.3, 0.4) is 0 Å². The van der Waals surface area contributed by atoms with Crippen LogP contribution >= 0.6 is 0 Å². The molecular weight excluding hydrogens is 126 g/mol. The Balaban J connectivity index is 2.20. The van der Waals surface area contributed by atoms with Gasteiger partial charge in [-0.3, -0.25) is 4.84 Å². The Kier molecular flexibility index (Phi) is 3.03. The predicted molar refractivity (Wildman–Crippen MR) is 41.0 cm³/mol. The van der Waals surface area contributed by atoms with Crippen LogP contribution in [-0.4, -0.2) is 11.7 Å². The molecule has 1 rings (SSSR count). The van der Waals surface area contributed by atoms with Crippen LogP contribution in [0.25, 0.3) is 0 Å². The lowest BCUT2D eigenvalue weighted by Gasteiger charge is -2.16. The molecule has 0 spiro atoms. The Morgan fingerprint density at radius 1 is 1.40 bits per heavy atom. The van der Waals surface area contributed by atoms with Crippen LogP contribution in [0.2, 0.25) is 0 Å². The topological polar surface area (TPSA) is 12.5 Å². The molecule has 0 aromatic carbocycles. The van der Waals surface area contributed by atoms with E-state index in [2.05, 4.69) is 19.1 Å². The van der Waals surface area contributed by atoms with Crippen molar-refractivity contribution in [3.63, 3.8) is 0 Å². The van der Waals surface area contributed by atoms with Crippen molar-refractivity contribution >= 4 is 0 Å². The summed E-state index contributed by atoms with van der Waals surface area (Å²) in [4.78, 5) is 5.29. The van der Waals surface area contributed by atoms with E-state index in [9.17, 15) is 0 Å². The van der Waals surface area contributed by atoms with E-state index in [0.29, 0.717) is 0 Å². The molecule has 0 N–H and O–H groups in total. The monoisotopic (exact) mass is 139 g/mol. The van der Waals surface area contributed by atoms with Crippen LogP contribution in [-0.2, 0) is 4.84 Å². The fourth-order valence-corrected chi connectivity index (χ4v) is 0.741. The van der Waals surface area contributed by atoms with E-state index in [1.807, 2.05) is 12.4 Å². The average molecular weight is 139 g/mol. The summed E-state index contributed by atoms with van der Waals surface area (Å²) in [5, 5.41) is 1.74. The van der Waals surface area contributed by atoms with Crippen molar-refractivity contribution in [3.8, 4) is 0 Å². The summed E-state index contributed by atoms with van der Waals surface area (Å²) in [6.45, 7) is 2.88. The zero-order valence-corrected chi connectivity index (χ0v) is 6.29. The van der Waals surface area contributed by atoms with Crippen molar-refractivity contribution in [2.75, 3.05) is 6.61 Å². The molecule has 1 aliphatic heterocycles. The Labute approximate surface area is 61.7 Å². The minimum Gasteiger partial charge on any atom is -0.270 e. The first kappa shape index (κ1) is 7.35. The molecule has 2 nitrogen and oxygen atoms in total. The van der Waals surface area contributed by atoms with Gasteiger partial charge in [0, 0.05) is 12.4 Å². The fraction of sp³-hybridized carbons (Fsp3) is 0.500. The third-order valence-electron chi connectivity index (χ3n) is 1.22. The molecular formula is C8H13NO. The van der Waals surface area contributed by atoms with Crippen LogP contribution in [0.15, 0.2) is 24.6 Å². The molecule has 2 heteroatoms. The third kappa shape index (κ3) is 2.23.